The largest absolute Gasteiger partial charge is 0.466 e. The van der Waals surface area contributed by atoms with E-state index in [1.54, 1.807) is 6.92 Å². The number of rotatable bonds is 9. The van der Waals surface area contributed by atoms with Gasteiger partial charge in [-0.15, -0.1) is 0 Å². The number of nitrogens with one attached hydrogen (secondary N) is 1. The summed E-state index contributed by atoms with van der Waals surface area (Å²) in [6.07, 6.45) is 0.635. The van der Waals surface area contributed by atoms with Crippen LogP contribution in [0.3, 0.4) is 0 Å². The van der Waals surface area contributed by atoms with E-state index in [1.165, 1.54) is 36.1 Å². The van der Waals surface area contributed by atoms with Gasteiger partial charge in [0.1, 0.15) is 5.82 Å². The summed E-state index contributed by atoms with van der Waals surface area (Å²) in [6, 6.07) is 5.24. The van der Waals surface area contributed by atoms with Crippen LogP contribution >= 0.6 is 0 Å². The van der Waals surface area contributed by atoms with Gasteiger partial charge in [-0.25, -0.2) is 4.39 Å². The summed E-state index contributed by atoms with van der Waals surface area (Å²) in [5, 5.41) is 2.65. The number of esters is 1. The molecular formula is C17H23FN2O4. The van der Waals surface area contributed by atoms with E-state index >= 15 is 0 Å². The molecule has 0 unspecified atom stereocenters. The zero-order chi connectivity index (χ0) is 17.9. The number of hydrogen-bond acceptors (Lipinski definition) is 4. The van der Waals surface area contributed by atoms with Crippen molar-refractivity contribution in [1.29, 1.82) is 0 Å². The van der Waals surface area contributed by atoms with E-state index in [0.717, 1.165) is 0 Å². The summed E-state index contributed by atoms with van der Waals surface area (Å²) in [7, 11) is 0. The predicted octanol–water partition coefficient (Wildman–Crippen LogP) is 1.75. The molecular weight excluding hydrogens is 315 g/mol. The SMILES string of the molecule is CCOC(=O)CCN(CCCNC(C)=O)C(=O)c1ccc(F)cc1. The van der Waals surface area contributed by atoms with E-state index < -0.39 is 5.82 Å². The zero-order valence-electron chi connectivity index (χ0n) is 14.0. The molecule has 0 fully saturated rings. The highest BCUT2D eigenvalue weighted by molar-refractivity contribution is 5.94. The number of halogens is 1. The van der Waals surface area contributed by atoms with Crippen LogP contribution in [-0.4, -0.2) is 48.9 Å². The quantitative estimate of drug-likeness (QED) is 0.550. The molecule has 0 spiro atoms. The monoisotopic (exact) mass is 338 g/mol. The number of carbonyl (C=O) groups is 3. The second kappa shape index (κ2) is 10.4. The van der Waals surface area contributed by atoms with Gasteiger partial charge in [0.25, 0.3) is 5.91 Å². The maximum absolute atomic E-state index is 13.0. The van der Waals surface area contributed by atoms with E-state index in [-0.39, 0.29) is 37.4 Å². The smallest absolute Gasteiger partial charge is 0.307 e. The van der Waals surface area contributed by atoms with Crippen LogP contribution in [0.15, 0.2) is 24.3 Å². The van der Waals surface area contributed by atoms with Crippen molar-refractivity contribution in [2.75, 3.05) is 26.2 Å². The lowest BCUT2D eigenvalue weighted by atomic mass is 10.2. The molecule has 2 amide bonds. The summed E-state index contributed by atoms with van der Waals surface area (Å²) in [4.78, 5) is 36.4. The van der Waals surface area contributed by atoms with E-state index in [0.29, 0.717) is 25.1 Å². The Labute approximate surface area is 141 Å². The lowest BCUT2D eigenvalue weighted by Crippen LogP contribution is -2.36. The molecule has 1 N–H and O–H groups in total. The van der Waals surface area contributed by atoms with E-state index in [9.17, 15) is 18.8 Å². The average molecular weight is 338 g/mol. The third-order valence-corrected chi connectivity index (χ3v) is 3.25. The molecule has 0 saturated carbocycles. The molecule has 1 rings (SSSR count). The molecule has 24 heavy (non-hydrogen) atoms. The lowest BCUT2D eigenvalue weighted by molar-refractivity contribution is -0.143. The van der Waals surface area contributed by atoms with Crippen LogP contribution in [0, 0.1) is 5.82 Å². The molecule has 1 aromatic rings. The normalized spacial score (nSPS) is 10.1. The third kappa shape index (κ3) is 7.21. The van der Waals surface area contributed by atoms with Crippen molar-refractivity contribution in [3.8, 4) is 0 Å². The number of benzene rings is 1. The zero-order valence-corrected chi connectivity index (χ0v) is 14.0. The fraction of sp³-hybridized carbons (Fsp3) is 0.471. The number of hydrogen-bond donors (Lipinski definition) is 1. The molecule has 6 nitrogen and oxygen atoms in total. The Hall–Kier alpha value is -2.44. The van der Waals surface area contributed by atoms with Gasteiger partial charge >= 0.3 is 5.97 Å². The lowest BCUT2D eigenvalue weighted by Gasteiger charge is -2.22. The van der Waals surface area contributed by atoms with Crippen molar-refractivity contribution >= 4 is 17.8 Å². The number of ether oxygens (including phenoxy) is 1. The van der Waals surface area contributed by atoms with E-state index in [1.807, 2.05) is 0 Å². The van der Waals surface area contributed by atoms with Gasteiger partial charge in [-0.2, -0.15) is 0 Å². The molecule has 0 aliphatic heterocycles. The molecule has 1 aromatic carbocycles. The Bertz CT molecular complexity index is 560. The second-order valence-corrected chi connectivity index (χ2v) is 5.19. The summed E-state index contributed by atoms with van der Waals surface area (Å²) in [6.45, 7) is 4.43. The minimum absolute atomic E-state index is 0.0842. The minimum Gasteiger partial charge on any atom is -0.466 e. The van der Waals surface area contributed by atoms with E-state index in [2.05, 4.69) is 5.32 Å². The molecule has 0 heterocycles. The highest BCUT2D eigenvalue weighted by Gasteiger charge is 2.17. The van der Waals surface area contributed by atoms with Crippen LogP contribution in [0.25, 0.3) is 0 Å². The Morgan fingerprint density at radius 2 is 1.83 bits per heavy atom. The first-order valence-electron chi connectivity index (χ1n) is 7.89. The molecule has 0 saturated heterocycles. The molecule has 0 aliphatic rings. The van der Waals surface area contributed by atoms with Gasteiger partial charge in [0.05, 0.1) is 13.0 Å². The highest BCUT2D eigenvalue weighted by atomic mass is 19.1. The van der Waals surface area contributed by atoms with Gasteiger partial charge in [-0.1, -0.05) is 0 Å². The van der Waals surface area contributed by atoms with Gasteiger partial charge in [-0.05, 0) is 37.6 Å². The first-order valence-corrected chi connectivity index (χ1v) is 7.89. The summed E-state index contributed by atoms with van der Waals surface area (Å²) < 4.78 is 17.9. The van der Waals surface area contributed by atoms with Crippen LogP contribution in [0.5, 0.6) is 0 Å². The summed E-state index contributed by atoms with van der Waals surface area (Å²) in [5.74, 6) is -1.23. The first-order chi connectivity index (χ1) is 11.4. The molecule has 0 aromatic heterocycles. The fourth-order valence-corrected chi connectivity index (χ4v) is 2.08. The van der Waals surface area contributed by atoms with Gasteiger partial charge < -0.3 is 15.0 Å². The molecule has 0 bridgehead atoms. The summed E-state index contributed by atoms with van der Waals surface area (Å²) in [5.41, 5.74) is 0.347. The van der Waals surface area contributed by atoms with Crippen LogP contribution < -0.4 is 5.32 Å². The van der Waals surface area contributed by atoms with Crippen molar-refractivity contribution in [3.63, 3.8) is 0 Å². The van der Waals surface area contributed by atoms with Crippen LogP contribution in [0.2, 0.25) is 0 Å². The maximum atomic E-state index is 13.0. The number of carbonyl (C=O) groups excluding carboxylic acids is 3. The Morgan fingerprint density at radius 3 is 2.42 bits per heavy atom. The van der Waals surface area contributed by atoms with Gasteiger partial charge in [0.15, 0.2) is 0 Å². The predicted molar refractivity (Wildman–Crippen MR) is 86.9 cm³/mol. The Morgan fingerprint density at radius 1 is 1.17 bits per heavy atom. The standard InChI is InChI=1S/C17H23FN2O4/c1-3-24-16(22)9-12-20(11-4-10-19-13(2)21)17(23)14-5-7-15(18)8-6-14/h5-8H,3-4,9-12H2,1-2H3,(H,19,21). The Balaban J connectivity index is 2.67. The topological polar surface area (TPSA) is 75.7 Å². The Kier molecular flexibility index (Phi) is 8.46. The second-order valence-electron chi connectivity index (χ2n) is 5.19. The van der Waals surface area contributed by atoms with E-state index in [4.69, 9.17) is 4.74 Å². The minimum atomic E-state index is -0.421. The van der Waals surface area contributed by atoms with Gasteiger partial charge in [-0.3, -0.25) is 14.4 Å². The highest BCUT2D eigenvalue weighted by Crippen LogP contribution is 2.08. The van der Waals surface area contributed by atoms with Crippen LogP contribution in [0.4, 0.5) is 4.39 Å². The van der Waals surface area contributed by atoms with Gasteiger partial charge in [0, 0.05) is 32.1 Å². The first kappa shape index (κ1) is 19.6. The third-order valence-electron chi connectivity index (χ3n) is 3.25. The van der Waals surface area contributed by atoms with Crippen molar-refractivity contribution in [2.45, 2.75) is 26.7 Å². The molecule has 0 radical (unpaired) electrons. The molecule has 7 heteroatoms. The van der Waals surface area contributed by atoms with Crippen molar-refractivity contribution in [3.05, 3.63) is 35.6 Å². The maximum Gasteiger partial charge on any atom is 0.307 e. The number of nitrogens with zero attached hydrogens (tertiary/aromatic N) is 1. The molecule has 0 atom stereocenters. The number of amides is 2. The van der Waals surface area contributed by atoms with Crippen LogP contribution in [-0.2, 0) is 14.3 Å². The van der Waals surface area contributed by atoms with Crippen LogP contribution in [0.1, 0.15) is 37.0 Å². The molecule has 132 valence electrons. The summed E-state index contributed by atoms with van der Waals surface area (Å²) >= 11 is 0. The fourth-order valence-electron chi connectivity index (χ4n) is 2.08. The van der Waals surface area contributed by atoms with Crippen molar-refractivity contribution < 1.29 is 23.5 Å². The van der Waals surface area contributed by atoms with Crippen molar-refractivity contribution in [1.82, 2.24) is 10.2 Å². The average Bonchev–Trinajstić information content (AvgIpc) is 2.54. The van der Waals surface area contributed by atoms with Crippen molar-refractivity contribution in [2.24, 2.45) is 0 Å². The molecule has 0 aliphatic carbocycles. The van der Waals surface area contributed by atoms with Gasteiger partial charge in [0.2, 0.25) is 5.91 Å².